The first-order chi connectivity index (χ1) is 8.97. The van der Waals surface area contributed by atoms with Gasteiger partial charge in [0.05, 0.1) is 13.8 Å². The van der Waals surface area contributed by atoms with Gasteiger partial charge in [-0.3, -0.25) is 4.68 Å². The minimum atomic E-state index is -1.17. The van der Waals surface area contributed by atoms with Crippen LogP contribution >= 0.6 is 0 Å². The second-order valence-electron chi connectivity index (χ2n) is 6.00. The quantitative estimate of drug-likeness (QED) is 0.847. The number of nitrogens with zero attached hydrogens (tertiary/aromatic N) is 2. The first-order valence-electron chi connectivity index (χ1n) is 6.74. The van der Waals surface area contributed by atoms with Gasteiger partial charge in [-0.25, -0.2) is 0 Å². The van der Waals surface area contributed by atoms with E-state index in [-0.39, 0.29) is 0 Å². The average Bonchev–Trinajstić information content (AvgIpc) is 2.75. The van der Waals surface area contributed by atoms with Crippen molar-refractivity contribution in [3.8, 4) is 0 Å². The van der Waals surface area contributed by atoms with Crippen molar-refractivity contribution in [1.29, 1.82) is 0 Å². The van der Waals surface area contributed by atoms with Gasteiger partial charge in [0.2, 0.25) is 0 Å². The summed E-state index contributed by atoms with van der Waals surface area (Å²) in [7, 11) is 0.801. The number of nitrogens with one attached hydrogen (secondary N) is 1. The molecule has 4 heteroatoms. The summed E-state index contributed by atoms with van der Waals surface area (Å²) in [5.74, 6) is 0. The zero-order valence-corrected chi connectivity index (χ0v) is 13.3. The van der Waals surface area contributed by atoms with Gasteiger partial charge in [0.15, 0.2) is 0 Å². The van der Waals surface area contributed by atoms with Crippen molar-refractivity contribution in [2.45, 2.75) is 32.7 Å². The Kier molecular flexibility index (Phi) is 4.22. The number of aryl methyl sites for hydroxylation is 1. The van der Waals surface area contributed by atoms with E-state index in [0.717, 1.165) is 13.1 Å². The first kappa shape index (κ1) is 14.0. The highest BCUT2D eigenvalue weighted by Crippen LogP contribution is 2.05. The summed E-state index contributed by atoms with van der Waals surface area (Å²) in [6.07, 6.45) is 1.83. The monoisotopic (exact) mass is 273 g/mol. The zero-order valence-electron chi connectivity index (χ0n) is 12.3. The standard InChI is InChI=1S/C15H23N3Si/c1-18-14(9-10-17-18)12-16-11-13-5-7-15(8-6-13)19(2,3)4/h5-10,16H,11-12H2,1-4H3. The Balaban J connectivity index is 1.89. The SMILES string of the molecule is Cn1nccc1CNCc1ccc([Si](C)(C)C)cc1. The second kappa shape index (κ2) is 5.71. The van der Waals surface area contributed by atoms with E-state index in [9.17, 15) is 0 Å². The maximum absolute atomic E-state index is 4.16. The number of hydrogen-bond acceptors (Lipinski definition) is 2. The van der Waals surface area contributed by atoms with E-state index in [1.807, 2.05) is 24.0 Å². The minimum absolute atomic E-state index is 0.853. The molecule has 0 aliphatic carbocycles. The molecule has 0 radical (unpaired) electrons. The highest BCUT2D eigenvalue weighted by atomic mass is 28.3. The van der Waals surface area contributed by atoms with Gasteiger partial charge >= 0.3 is 0 Å². The Morgan fingerprint density at radius 2 is 1.74 bits per heavy atom. The maximum Gasteiger partial charge on any atom is 0.0775 e. The van der Waals surface area contributed by atoms with E-state index in [1.165, 1.54) is 16.4 Å². The van der Waals surface area contributed by atoms with Crippen molar-refractivity contribution in [2.75, 3.05) is 0 Å². The number of hydrogen-bond donors (Lipinski definition) is 1. The third-order valence-electron chi connectivity index (χ3n) is 3.38. The molecule has 0 atom stereocenters. The number of benzene rings is 1. The third-order valence-corrected chi connectivity index (χ3v) is 5.44. The van der Waals surface area contributed by atoms with Gasteiger partial charge in [0, 0.05) is 26.3 Å². The van der Waals surface area contributed by atoms with Crippen LogP contribution in [0, 0.1) is 0 Å². The van der Waals surface area contributed by atoms with Crippen molar-refractivity contribution >= 4 is 13.3 Å². The number of rotatable bonds is 5. The van der Waals surface area contributed by atoms with Crippen LogP contribution in [0.25, 0.3) is 0 Å². The molecule has 1 heterocycles. The highest BCUT2D eigenvalue weighted by molar-refractivity contribution is 6.88. The summed E-state index contributed by atoms with van der Waals surface area (Å²) >= 11 is 0. The molecule has 0 bridgehead atoms. The topological polar surface area (TPSA) is 29.9 Å². The molecular formula is C15H23N3Si. The molecule has 0 saturated carbocycles. The molecule has 1 N–H and O–H groups in total. The van der Waals surface area contributed by atoms with Crippen LogP contribution in [0.2, 0.25) is 19.6 Å². The number of aromatic nitrogens is 2. The lowest BCUT2D eigenvalue weighted by Gasteiger charge is -2.16. The van der Waals surface area contributed by atoms with Gasteiger partial charge in [0.25, 0.3) is 0 Å². The van der Waals surface area contributed by atoms with Crippen LogP contribution in [-0.4, -0.2) is 17.9 Å². The molecule has 0 unspecified atom stereocenters. The van der Waals surface area contributed by atoms with Crippen LogP contribution in [0.4, 0.5) is 0 Å². The summed E-state index contributed by atoms with van der Waals surface area (Å²) < 4.78 is 1.90. The smallest absolute Gasteiger partial charge is 0.0775 e. The van der Waals surface area contributed by atoms with E-state index in [0.29, 0.717) is 0 Å². The first-order valence-corrected chi connectivity index (χ1v) is 10.2. The Hall–Kier alpha value is -1.39. The predicted octanol–water partition coefficient (Wildman–Crippen LogP) is 2.26. The van der Waals surface area contributed by atoms with Crippen molar-refractivity contribution < 1.29 is 0 Å². The molecule has 0 fully saturated rings. The molecule has 2 rings (SSSR count). The third kappa shape index (κ3) is 3.78. The van der Waals surface area contributed by atoms with Crippen LogP contribution in [0.1, 0.15) is 11.3 Å². The van der Waals surface area contributed by atoms with E-state index in [1.54, 1.807) is 0 Å². The summed E-state index contributed by atoms with van der Waals surface area (Å²) in [6, 6.07) is 11.1. The Bertz CT molecular complexity index is 523. The molecule has 0 aliphatic rings. The molecule has 1 aromatic carbocycles. The Morgan fingerprint density at radius 1 is 1.05 bits per heavy atom. The average molecular weight is 273 g/mol. The molecule has 3 nitrogen and oxygen atoms in total. The molecule has 0 amide bonds. The van der Waals surface area contributed by atoms with Crippen LogP contribution in [0.5, 0.6) is 0 Å². The largest absolute Gasteiger partial charge is 0.307 e. The van der Waals surface area contributed by atoms with Crippen molar-refractivity contribution in [2.24, 2.45) is 7.05 Å². The van der Waals surface area contributed by atoms with Gasteiger partial charge in [-0.15, -0.1) is 0 Å². The zero-order chi connectivity index (χ0) is 13.9. The molecular weight excluding hydrogens is 250 g/mol. The highest BCUT2D eigenvalue weighted by Gasteiger charge is 2.15. The molecule has 0 spiro atoms. The molecule has 2 aromatic rings. The van der Waals surface area contributed by atoms with Crippen molar-refractivity contribution in [3.63, 3.8) is 0 Å². The summed E-state index contributed by atoms with van der Waals surface area (Å²) in [4.78, 5) is 0. The van der Waals surface area contributed by atoms with Crippen LogP contribution in [0.3, 0.4) is 0 Å². The van der Waals surface area contributed by atoms with Crippen LogP contribution in [-0.2, 0) is 20.1 Å². The molecule has 19 heavy (non-hydrogen) atoms. The lowest BCUT2D eigenvalue weighted by atomic mass is 10.2. The second-order valence-corrected chi connectivity index (χ2v) is 11.1. The van der Waals surface area contributed by atoms with Gasteiger partial charge in [-0.05, 0) is 11.6 Å². The van der Waals surface area contributed by atoms with Crippen molar-refractivity contribution in [3.05, 3.63) is 47.8 Å². The normalized spacial score (nSPS) is 11.8. The maximum atomic E-state index is 4.16. The van der Waals surface area contributed by atoms with Gasteiger partial charge in [-0.2, -0.15) is 5.10 Å². The lowest BCUT2D eigenvalue weighted by Crippen LogP contribution is -2.37. The fourth-order valence-electron chi connectivity index (χ4n) is 2.03. The minimum Gasteiger partial charge on any atom is -0.307 e. The molecule has 102 valence electrons. The Labute approximate surface area is 116 Å². The van der Waals surface area contributed by atoms with E-state index < -0.39 is 8.07 Å². The van der Waals surface area contributed by atoms with Crippen LogP contribution < -0.4 is 10.5 Å². The fraction of sp³-hybridized carbons (Fsp3) is 0.400. The van der Waals surface area contributed by atoms with E-state index in [2.05, 4.69) is 54.3 Å². The van der Waals surface area contributed by atoms with Gasteiger partial charge < -0.3 is 5.32 Å². The lowest BCUT2D eigenvalue weighted by molar-refractivity contribution is 0.626. The Morgan fingerprint density at radius 3 is 2.26 bits per heavy atom. The summed E-state index contributed by atoms with van der Waals surface area (Å²) in [5.41, 5.74) is 2.54. The molecule has 1 aromatic heterocycles. The van der Waals surface area contributed by atoms with Crippen LogP contribution in [0.15, 0.2) is 36.5 Å². The predicted molar refractivity (Wildman–Crippen MR) is 83.2 cm³/mol. The molecule has 0 saturated heterocycles. The van der Waals surface area contributed by atoms with E-state index in [4.69, 9.17) is 0 Å². The summed E-state index contributed by atoms with van der Waals surface area (Å²) in [6.45, 7) is 8.89. The van der Waals surface area contributed by atoms with Gasteiger partial charge in [-0.1, -0.05) is 49.1 Å². The van der Waals surface area contributed by atoms with Gasteiger partial charge in [0.1, 0.15) is 0 Å². The fourth-order valence-corrected chi connectivity index (χ4v) is 3.20. The van der Waals surface area contributed by atoms with Crippen molar-refractivity contribution in [1.82, 2.24) is 15.1 Å². The summed E-state index contributed by atoms with van der Waals surface area (Å²) in [5, 5.41) is 9.13. The van der Waals surface area contributed by atoms with E-state index >= 15 is 0 Å². The molecule has 0 aliphatic heterocycles.